The molecule has 0 saturated heterocycles. The van der Waals surface area contributed by atoms with E-state index >= 15 is 0 Å². The first-order valence-corrected chi connectivity index (χ1v) is 7.39. The molecule has 118 valence electrons. The highest BCUT2D eigenvalue weighted by Gasteiger charge is 2.29. The van der Waals surface area contributed by atoms with E-state index in [2.05, 4.69) is 0 Å². The van der Waals surface area contributed by atoms with E-state index in [0.29, 0.717) is 5.75 Å². The molecule has 0 unspecified atom stereocenters. The van der Waals surface area contributed by atoms with Gasteiger partial charge >= 0.3 is 5.97 Å². The third kappa shape index (κ3) is 2.80. The molecule has 23 heavy (non-hydrogen) atoms. The molecule has 4 nitrogen and oxygen atoms in total. The summed E-state index contributed by atoms with van der Waals surface area (Å²) in [6, 6.07) is 15.3. The molecule has 0 aliphatic rings. The molecule has 0 bridgehead atoms. The zero-order valence-corrected chi connectivity index (χ0v) is 13.3. The second-order valence-electron chi connectivity index (χ2n) is 5.97. The Morgan fingerprint density at radius 2 is 1.74 bits per heavy atom. The summed E-state index contributed by atoms with van der Waals surface area (Å²) in [6.07, 6.45) is 0. The standard InChI is InChI=1S/C19H18O4/c1-12-17(15-6-4-5-7-16(15)22-12)13-8-10-14(11-9-13)23-19(2,3)18(20)21/h4-11H,1-3H3,(H,20,21). The van der Waals surface area contributed by atoms with E-state index in [1.807, 2.05) is 43.3 Å². The highest BCUT2D eigenvalue weighted by atomic mass is 16.5. The van der Waals surface area contributed by atoms with Crippen LogP contribution in [0.25, 0.3) is 22.1 Å². The number of rotatable bonds is 4. The summed E-state index contributed by atoms with van der Waals surface area (Å²) in [5.41, 5.74) is 1.64. The van der Waals surface area contributed by atoms with Crippen molar-refractivity contribution in [3.8, 4) is 16.9 Å². The summed E-state index contributed by atoms with van der Waals surface area (Å²) in [7, 11) is 0. The molecule has 0 saturated carbocycles. The first-order chi connectivity index (χ1) is 10.9. The van der Waals surface area contributed by atoms with Crippen molar-refractivity contribution in [2.24, 2.45) is 0 Å². The van der Waals surface area contributed by atoms with Gasteiger partial charge in [-0.2, -0.15) is 0 Å². The van der Waals surface area contributed by atoms with Crippen molar-refractivity contribution >= 4 is 16.9 Å². The van der Waals surface area contributed by atoms with Crippen LogP contribution in [0.1, 0.15) is 19.6 Å². The molecule has 1 heterocycles. The van der Waals surface area contributed by atoms with Gasteiger partial charge in [0, 0.05) is 10.9 Å². The van der Waals surface area contributed by atoms with Gasteiger partial charge in [0.05, 0.1) is 0 Å². The largest absolute Gasteiger partial charge is 0.478 e. The highest BCUT2D eigenvalue weighted by molar-refractivity contribution is 5.95. The van der Waals surface area contributed by atoms with E-state index in [1.165, 1.54) is 13.8 Å². The topological polar surface area (TPSA) is 59.7 Å². The third-order valence-corrected chi connectivity index (χ3v) is 3.80. The molecule has 1 aromatic heterocycles. The van der Waals surface area contributed by atoms with Crippen LogP contribution in [-0.4, -0.2) is 16.7 Å². The summed E-state index contributed by atoms with van der Waals surface area (Å²) < 4.78 is 11.3. The van der Waals surface area contributed by atoms with Gasteiger partial charge in [0.1, 0.15) is 17.1 Å². The Labute approximate surface area is 134 Å². The average Bonchev–Trinajstić information content (AvgIpc) is 2.83. The fourth-order valence-corrected chi connectivity index (χ4v) is 2.55. The van der Waals surface area contributed by atoms with Crippen LogP contribution in [0.4, 0.5) is 0 Å². The zero-order valence-electron chi connectivity index (χ0n) is 13.3. The van der Waals surface area contributed by atoms with Crippen molar-refractivity contribution in [1.29, 1.82) is 0 Å². The maximum Gasteiger partial charge on any atom is 0.347 e. The monoisotopic (exact) mass is 310 g/mol. The number of para-hydroxylation sites is 1. The number of furan rings is 1. The van der Waals surface area contributed by atoms with E-state index in [-0.39, 0.29) is 0 Å². The predicted octanol–water partition coefficient (Wildman–Crippen LogP) is 4.65. The van der Waals surface area contributed by atoms with Gasteiger partial charge in [0.2, 0.25) is 0 Å². The van der Waals surface area contributed by atoms with Crippen LogP contribution >= 0.6 is 0 Å². The van der Waals surface area contributed by atoms with Gasteiger partial charge in [-0.15, -0.1) is 0 Å². The quantitative estimate of drug-likeness (QED) is 0.762. The van der Waals surface area contributed by atoms with Crippen LogP contribution in [0, 0.1) is 6.92 Å². The number of aliphatic carboxylic acids is 1. The summed E-state index contributed by atoms with van der Waals surface area (Å²) in [6.45, 7) is 4.99. The average molecular weight is 310 g/mol. The number of carboxylic acids is 1. The maximum atomic E-state index is 11.1. The van der Waals surface area contributed by atoms with Crippen molar-refractivity contribution in [3.63, 3.8) is 0 Å². The third-order valence-electron chi connectivity index (χ3n) is 3.80. The summed E-state index contributed by atoms with van der Waals surface area (Å²) in [5, 5.41) is 10.2. The number of carboxylic acid groups (broad SMARTS) is 1. The van der Waals surface area contributed by atoms with Gasteiger partial charge in [0.25, 0.3) is 0 Å². The van der Waals surface area contributed by atoms with E-state index < -0.39 is 11.6 Å². The molecule has 0 aliphatic carbocycles. The van der Waals surface area contributed by atoms with E-state index in [0.717, 1.165) is 27.9 Å². The minimum absolute atomic E-state index is 0.520. The summed E-state index contributed by atoms with van der Waals surface area (Å²) in [4.78, 5) is 11.1. The Bertz CT molecular complexity index is 857. The number of hydrogen-bond acceptors (Lipinski definition) is 3. The van der Waals surface area contributed by atoms with E-state index in [9.17, 15) is 4.79 Å². The molecule has 0 fully saturated rings. The number of ether oxygens (including phenoxy) is 1. The number of hydrogen-bond donors (Lipinski definition) is 1. The first-order valence-electron chi connectivity index (χ1n) is 7.39. The normalized spacial score (nSPS) is 11.6. The fourth-order valence-electron chi connectivity index (χ4n) is 2.55. The highest BCUT2D eigenvalue weighted by Crippen LogP contribution is 2.35. The molecule has 0 atom stereocenters. The fraction of sp³-hybridized carbons (Fsp3) is 0.211. The van der Waals surface area contributed by atoms with Gasteiger partial charge in [0.15, 0.2) is 5.60 Å². The molecule has 0 aliphatic heterocycles. The van der Waals surface area contributed by atoms with Crippen molar-refractivity contribution in [2.75, 3.05) is 0 Å². The van der Waals surface area contributed by atoms with Crippen LogP contribution in [-0.2, 0) is 4.79 Å². The van der Waals surface area contributed by atoms with Crippen molar-refractivity contribution in [3.05, 3.63) is 54.3 Å². The minimum atomic E-state index is -1.26. The van der Waals surface area contributed by atoms with Gasteiger partial charge in [-0.05, 0) is 44.5 Å². The van der Waals surface area contributed by atoms with E-state index in [1.54, 1.807) is 12.1 Å². The maximum absolute atomic E-state index is 11.1. The Morgan fingerprint density at radius 1 is 1.09 bits per heavy atom. The lowest BCUT2D eigenvalue weighted by atomic mass is 10.0. The van der Waals surface area contributed by atoms with Crippen LogP contribution in [0.5, 0.6) is 5.75 Å². The minimum Gasteiger partial charge on any atom is -0.478 e. The lowest BCUT2D eigenvalue weighted by Gasteiger charge is -2.21. The van der Waals surface area contributed by atoms with Crippen molar-refractivity contribution in [1.82, 2.24) is 0 Å². The number of benzene rings is 2. The molecule has 3 rings (SSSR count). The molecule has 2 aromatic carbocycles. The van der Waals surface area contributed by atoms with Crippen LogP contribution in [0.2, 0.25) is 0 Å². The Kier molecular flexibility index (Phi) is 3.60. The Balaban J connectivity index is 1.96. The van der Waals surface area contributed by atoms with Crippen LogP contribution < -0.4 is 4.74 Å². The Morgan fingerprint density at radius 3 is 2.39 bits per heavy atom. The number of carbonyl (C=O) groups is 1. The second-order valence-corrected chi connectivity index (χ2v) is 5.97. The van der Waals surface area contributed by atoms with Gasteiger partial charge < -0.3 is 14.3 Å². The molecule has 3 aromatic rings. The van der Waals surface area contributed by atoms with Crippen molar-refractivity contribution < 1.29 is 19.1 Å². The van der Waals surface area contributed by atoms with E-state index in [4.69, 9.17) is 14.3 Å². The lowest BCUT2D eigenvalue weighted by Crippen LogP contribution is -2.37. The zero-order chi connectivity index (χ0) is 16.6. The molecule has 4 heteroatoms. The molecule has 1 N–H and O–H groups in total. The van der Waals surface area contributed by atoms with Crippen LogP contribution in [0.3, 0.4) is 0 Å². The predicted molar refractivity (Wildman–Crippen MR) is 88.7 cm³/mol. The number of fused-ring (bicyclic) bond motifs is 1. The number of aryl methyl sites for hydroxylation is 1. The summed E-state index contributed by atoms with van der Waals surface area (Å²) in [5.74, 6) is 0.371. The van der Waals surface area contributed by atoms with Crippen LogP contribution in [0.15, 0.2) is 52.9 Å². The van der Waals surface area contributed by atoms with Gasteiger partial charge in [-0.1, -0.05) is 30.3 Å². The van der Waals surface area contributed by atoms with Gasteiger partial charge in [-0.3, -0.25) is 0 Å². The molecular formula is C19H18O4. The van der Waals surface area contributed by atoms with Crippen molar-refractivity contribution in [2.45, 2.75) is 26.4 Å². The Hall–Kier alpha value is -2.75. The first kappa shape index (κ1) is 15.2. The SMILES string of the molecule is Cc1oc2ccccc2c1-c1ccc(OC(C)(C)C(=O)O)cc1. The molecule has 0 spiro atoms. The molecule has 0 radical (unpaired) electrons. The smallest absolute Gasteiger partial charge is 0.347 e. The van der Waals surface area contributed by atoms with Gasteiger partial charge in [-0.25, -0.2) is 4.79 Å². The summed E-state index contributed by atoms with van der Waals surface area (Å²) >= 11 is 0. The lowest BCUT2D eigenvalue weighted by molar-refractivity contribution is -0.152. The molecular weight excluding hydrogens is 292 g/mol. The second kappa shape index (κ2) is 5.47. The molecule has 0 amide bonds.